The summed E-state index contributed by atoms with van der Waals surface area (Å²) in [6.07, 6.45) is 2.42. The molecule has 1 saturated heterocycles. The highest BCUT2D eigenvalue weighted by atomic mass is 16.3. The average molecular weight is 200 g/mol. The first-order valence-electron chi connectivity index (χ1n) is 5.69. The lowest BCUT2D eigenvalue weighted by Gasteiger charge is -2.33. The van der Waals surface area contributed by atoms with E-state index < -0.39 is 0 Å². The standard InChI is InChI=1S/C11H24N2O/c1-9(2)11(8-14)12-10-4-6-13(3)7-5-10/h9-12,14H,4-8H2,1-3H3. The Balaban J connectivity index is 2.29. The molecular formula is C11H24N2O. The van der Waals surface area contributed by atoms with Gasteiger partial charge in [0.15, 0.2) is 0 Å². The van der Waals surface area contributed by atoms with Gasteiger partial charge in [-0.3, -0.25) is 0 Å². The van der Waals surface area contributed by atoms with Crippen molar-refractivity contribution in [1.82, 2.24) is 10.2 Å². The molecule has 0 aromatic rings. The highest BCUT2D eigenvalue weighted by Crippen LogP contribution is 2.11. The molecule has 0 bridgehead atoms. The van der Waals surface area contributed by atoms with Crippen LogP contribution >= 0.6 is 0 Å². The number of rotatable bonds is 4. The first-order valence-corrected chi connectivity index (χ1v) is 5.69. The predicted molar refractivity (Wildman–Crippen MR) is 59.4 cm³/mol. The molecule has 0 aliphatic carbocycles. The summed E-state index contributed by atoms with van der Waals surface area (Å²) in [6, 6.07) is 0.870. The molecule has 1 rings (SSSR count). The third kappa shape index (κ3) is 3.56. The maximum atomic E-state index is 9.21. The third-order valence-electron chi connectivity index (χ3n) is 3.17. The van der Waals surface area contributed by atoms with Crippen LogP contribution in [0.25, 0.3) is 0 Å². The smallest absolute Gasteiger partial charge is 0.0587 e. The van der Waals surface area contributed by atoms with E-state index in [0.29, 0.717) is 12.0 Å². The van der Waals surface area contributed by atoms with Gasteiger partial charge in [-0.15, -0.1) is 0 Å². The van der Waals surface area contributed by atoms with Crippen molar-refractivity contribution in [2.45, 2.75) is 38.8 Å². The highest BCUT2D eigenvalue weighted by Gasteiger charge is 2.20. The van der Waals surface area contributed by atoms with Gasteiger partial charge >= 0.3 is 0 Å². The van der Waals surface area contributed by atoms with E-state index >= 15 is 0 Å². The summed E-state index contributed by atoms with van der Waals surface area (Å²) in [6.45, 7) is 6.91. The fourth-order valence-electron chi connectivity index (χ4n) is 1.93. The summed E-state index contributed by atoms with van der Waals surface area (Å²) >= 11 is 0. The normalized spacial score (nSPS) is 22.9. The second kappa shape index (κ2) is 5.69. The monoisotopic (exact) mass is 200 g/mol. The van der Waals surface area contributed by atoms with Crippen LogP contribution in [0.5, 0.6) is 0 Å². The summed E-state index contributed by atoms with van der Waals surface area (Å²) in [7, 11) is 2.17. The summed E-state index contributed by atoms with van der Waals surface area (Å²) in [5.74, 6) is 0.514. The van der Waals surface area contributed by atoms with Crippen LogP contribution in [0.15, 0.2) is 0 Å². The van der Waals surface area contributed by atoms with Crippen molar-refractivity contribution >= 4 is 0 Å². The van der Waals surface area contributed by atoms with Gasteiger partial charge in [-0.25, -0.2) is 0 Å². The summed E-state index contributed by atoms with van der Waals surface area (Å²) in [5, 5.41) is 12.8. The van der Waals surface area contributed by atoms with E-state index in [-0.39, 0.29) is 12.6 Å². The molecule has 1 fully saturated rings. The van der Waals surface area contributed by atoms with E-state index in [1.807, 2.05) is 0 Å². The molecule has 0 saturated carbocycles. The Morgan fingerprint density at radius 2 is 1.93 bits per heavy atom. The molecule has 0 amide bonds. The minimum absolute atomic E-state index is 0.254. The fraction of sp³-hybridized carbons (Fsp3) is 1.00. The van der Waals surface area contributed by atoms with Crippen molar-refractivity contribution in [2.75, 3.05) is 26.7 Å². The lowest BCUT2D eigenvalue weighted by molar-refractivity contribution is 0.168. The first kappa shape index (κ1) is 12.0. The SMILES string of the molecule is CC(C)C(CO)NC1CCN(C)CC1. The minimum atomic E-state index is 0.254. The minimum Gasteiger partial charge on any atom is -0.395 e. The molecule has 0 spiro atoms. The van der Waals surface area contributed by atoms with Crippen LogP contribution in [0.2, 0.25) is 0 Å². The van der Waals surface area contributed by atoms with Crippen molar-refractivity contribution in [1.29, 1.82) is 0 Å². The van der Waals surface area contributed by atoms with Gasteiger partial charge < -0.3 is 15.3 Å². The van der Waals surface area contributed by atoms with E-state index in [1.165, 1.54) is 25.9 Å². The number of hydrogen-bond donors (Lipinski definition) is 2. The number of nitrogens with one attached hydrogen (secondary N) is 1. The van der Waals surface area contributed by atoms with Gasteiger partial charge in [-0.1, -0.05) is 13.8 Å². The summed E-state index contributed by atoms with van der Waals surface area (Å²) in [5.41, 5.74) is 0. The summed E-state index contributed by atoms with van der Waals surface area (Å²) < 4.78 is 0. The van der Waals surface area contributed by atoms with E-state index in [2.05, 4.69) is 31.1 Å². The number of likely N-dealkylation sites (tertiary alicyclic amines) is 1. The van der Waals surface area contributed by atoms with E-state index in [9.17, 15) is 5.11 Å². The summed E-state index contributed by atoms with van der Waals surface area (Å²) in [4.78, 5) is 2.36. The maximum Gasteiger partial charge on any atom is 0.0587 e. The Bertz CT molecular complexity index is 153. The zero-order chi connectivity index (χ0) is 10.6. The van der Waals surface area contributed by atoms with Crippen LogP contribution in [-0.2, 0) is 0 Å². The van der Waals surface area contributed by atoms with Crippen LogP contribution in [0, 0.1) is 5.92 Å². The Hall–Kier alpha value is -0.120. The van der Waals surface area contributed by atoms with Gasteiger partial charge in [0.2, 0.25) is 0 Å². The molecule has 14 heavy (non-hydrogen) atoms. The number of aliphatic hydroxyl groups excluding tert-OH is 1. The van der Waals surface area contributed by atoms with Crippen molar-refractivity contribution < 1.29 is 5.11 Å². The average Bonchev–Trinajstić information content (AvgIpc) is 2.16. The predicted octanol–water partition coefficient (Wildman–Crippen LogP) is 0.687. The number of aliphatic hydroxyl groups is 1. The number of hydrogen-bond acceptors (Lipinski definition) is 3. The van der Waals surface area contributed by atoms with Crippen molar-refractivity contribution in [3.8, 4) is 0 Å². The Kier molecular flexibility index (Phi) is 4.85. The molecule has 0 radical (unpaired) electrons. The first-order chi connectivity index (χ1) is 6.63. The molecule has 1 atom stereocenters. The zero-order valence-electron chi connectivity index (χ0n) is 9.66. The quantitative estimate of drug-likeness (QED) is 0.701. The Morgan fingerprint density at radius 3 is 2.36 bits per heavy atom. The molecule has 0 aromatic carbocycles. The van der Waals surface area contributed by atoms with Gasteiger partial charge in [-0.05, 0) is 38.9 Å². The molecular weight excluding hydrogens is 176 g/mol. The van der Waals surface area contributed by atoms with Crippen LogP contribution in [0.4, 0.5) is 0 Å². The molecule has 84 valence electrons. The lowest BCUT2D eigenvalue weighted by atomic mass is 10.00. The Labute approximate surface area is 87.5 Å². The van der Waals surface area contributed by atoms with Crippen LogP contribution in [0.3, 0.4) is 0 Å². The second-order valence-electron chi connectivity index (χ2n) is 4.78. The zero-order valence-corrected chi connectivity index (χ0v) is 9.66. The Morgan fingerprint density at radius 1 is 1.36 bits per heavy atom. The number of nitrogens with zero attached hydrogens (tertiary/aromatic N) is 1. The molecule has 1 unspecified atom stereocenters. The van der Waals surface area contributed by atoms with E-state index in [4.69, 9.17) is 0 Å². The molecule has 3 nitrogen and oxygen atoms in total. The van der Waals surface area contributed by atoms with Gasteiger partial charge in [0.1, 0.15) is 0 Å². The van der Waals surface area contributed by atoms with Crippen molar-refractivity contribution in [3.63, 3.8) is 0 Å². The molecule has 3 heteroatoms. The van der Waals surface area contributed by atoms with Crippen LogP contribution in [-0.4, -0.2) is 48.8 Å². The molecule has 0 aromatic heterocycles. The van der Waals surface area contributed by atoms with Crippen molar-refractivity contribution in [3.05, 3.63) is 0 Å². The largest absolute Gasteiger partial charge is 0.395 e. The van der Waals surface area contributed by atoms with E-state index in [1.54, 1.807) is 0 Å². The maximum absolute atomic E-state index is 9.21. The molecule has 2 N–H and O–H groups in total. The third-order valence-corrected chi connectivity index (χ3v) is 3.17. The topological polar surface area (TPSA) is 35.5 Å². The highest BCUT2D eigenvalue weighted by molar-refractivity contribution is 4.80. The molecule has 1 aliphatic heterocycles. The van der Waals surface area contributed by atoms with Crippen molar-refractivity contribution in [2.24, 2.45) is 5.92 Å². The van der Waals surface area contributed by atoms with Gasteiger partial charge in [0, 0.05) is 12.1 Å². The van der Waals surface area contributed by atoms with E-state index in [0.717, 1.165) is 0 Å². The van der Waals surface area contributed by atoms with Crippen LogP contribution < -0.4 is 5.32 Å². The number of piperidine rings is 1. The fourth-order valence-corrected chi connectivity index (χ4v) is 1.93. The van der Waals surface area contributed by atoms with Gasteiger partial charge in [0.25, 0.3) is 0 Å². The van der Waals surface area contributed by atoms with Crippen LogP contribution in [0.1, 0.15) is 26.7 Å². The molecule has 1 aliphatic rings. The lowest BCUT2D eigenvalue weighted by Crippen LogP contribution is -2.48. The molecule has 1 heterocycles. The second-order valence-corrected chi connectivity index (χ2v) is 4.78. The van der Waals surface area contributed by atoms with Gasteiger partial charge in [-0.2, -0.15) is 0 Å². The van der Waals surface area contributed by atoms with Gasteiger partial charge in [0.05, 0.1) is 6.61 Å².